The third-order valence-electron chi connectivity index (χ3n) is 7.20. The molecule has 0 saturated carbocycles. The van der Waals surface area contributed by atoms with Gasteiger partial charge in [-0.25, -0.2) is 0 Å². The molecule has 1 aromatic carbocycles. The summed E-state index contributed by atoms with van der Waals surface area (Å²) in [5, 5.41) is 0. The van der Waals surface area contributed by atoms with Crippen LogP contribution in [-0.4, -0.2) is 38.5 Å². The van der Waals surface area contributed by atoms with E-state index in [0.717, 1.165) is 37.5 Å². The summed E-state index contributed by atoms with van der Waals surface area (Å²) in [6.07, 6.45) is 21.0. The zero-order chi connectivity index (χ0) is 25.7. The van der Waals surface area contributed by atoms with E-state index >= 15 is 0 Å². The van der Waals surface area contributed by atoms with Crippen molar-refractivity contribution in [2.24, 2.45) is 0 Å². The molecule has 0 N–H and O–H groups in total. The molecule has 0 bridgehead atoms. The van der Waals surface area contributed by atoms with Crippen molar-refractivity contribution >= 4 is 6.29 Å². The highest BCUT2D eigenvalue weighted by atomic mass is 16.7. The van der Waals surface area contributed by atoms with E-state index in [4.69, 9.17) is 18.9 Å². The topological polar surface area (TPSA) is 54.0 Å². The molecule has 5 heteroatoms. The maximum Gasteiger partial charge on any atom is 0.184 e. The molecule has 0 aromatic heterocycles. The second kappa shape index (κ2) is 20.7. The molecule has 1 saturated heterocycles. The van der Waals surface area contributed by atoms with E-state index in [-0.39, 0.29) is 18.3 Å². The molecule has 0 spiro atoms. The summed E-state index contributed by atoms with van der Waals surface area (Å²) in [5.41, 5.74) is 1.00. The van der Waals surface area contributed by atoms with Gasteiger partial charge in [0, 0.05) is 25.5 Å². The summed E-state index contributed by atoms with van der Waals surface area (Å²) >= 11 is 0. The lowest BCUT2D eigenvalue weighted by molar-refractivity contribution is -0.249. The Morgan fingerprint density at radius 2 is 1.47 bits per heavy atom. The fourth-order valence-corrected chi connectivity index (χ4v) is 5.06. The van der Waals surface area contributed by atoms with Crippen LogP contribution in [0, 0.1) is 0 Å². The Hall–Kier alpha value is -1.27. The Labute approximate surface area is 220 Å². The van der Waals surface area contributed by atoms with Crippen LogP contribution in [0.5, 0.6) is 0 Å². The average Bonchev–Trinajstić information content (AvgIpc) is 2.91. The molecule has 5 nitrogen and oxygen atoms in total. The number of hydrogen-bond donors (Lipinski definition) is 0. The predicted octanol–water partition coefficient (Wildman–Crippen LogP) is 8.31. The molecule has 206 valence electrons. The standard InChI is InChI=1S/C31H52O5/c1-3-4-5-6-7-8-9-10-11-12-13-17-20-28(34-26-33-2)21-22-29-25-30(23-24-32)36-31(35-29)27-18-15-14-16-19-27/h14-16,18-19,24,28-31H,3-13,17,20-23,25-26H2,1-2H3/t28-,29-,30+,31-/m0/s1. The number of unbranched alkanes of at least 4 members (excludes halogenated alkanes) is 11. The molecule has 2 rings (SSSR count). The number of methoxy groups -OCH3 is 1. The molecule has 1 aliphatic rings. The summed E-state index contributed by atoms with van der Waals surface area (Å²) in [7, 11) is 1.68. The van der Waals surface area contributed by atoms with Crippen molar-refractivity contribution in [3.63, 3.8) is 0 Å². The molecule has 0 aliphatic carbocycles. The van der Waals surface area contributed by atoms with Crippen molar-refractivity contribution in [3.8, 4) is 0 Å². The van der Waals surface area contributed by atoms with Gasteiger partial charge in [0.1, 0.15) is 13.1 Å². The van der Waals surface area contributed by atoms with Crippen molar-refractivity contribution in [2.45, 2.75) is 141 Å². The van der Waals surface area contributed by atoms with E-state index in [1.165, 1.54) is 77.0 Å². The second-order valence-electron chi connectivity index (χ2n) is 10.3. The van der Waals surface area contributed by atoms with Crippen LogP contribution >= 0.6 is 0 Å². The minimum absolute atomic E-state index is 0.0597. The maximum atomic E-state index is 11.1. The van der Waals surface area contributed by atoms with Crippen LogP contribution in [0.4, 0.5) is 0 Å². The molecular formula is C31H52O5. The lowest BCUT2D eigenvalue weighted by Crippen LogP contribution is -2.34. The van der Waals surface area contributed by atoms with Crippen LogP contribution in [0.15, 0.2) is 30.3 Å². The molecule has 0 radical (unpaired) electrons. The number of benzene rings is 1. The Kier molecular flexibility index (Phi) is 17.8. The molecular weight excluding hydrogens is 452 g/mol. The van der Waals surface area contributed by atoms with E-state index in [2.05, 4.69) is 6.92 Å². The van der Waals surface area contributed by atoms with Gasteiger partial charge in [0.25, 0.3) is 0 Å². The number of rotatable bonds is 22. The monoisotopic (exact) mass is 504 g/mol. The van der Waals surface area contributed by atoms with E-state index in [0.29, 0.717) is 13.2 Å². The van der Waals surface area contributed by atoms with Crippen molar-refractivity contribution < 1.29 is 23.7 Å². The largest absolute Gasteiger partial charge is 0.359 e. The number of carbonyl (C=O) groups excluding carboxylic acids is 1. The van der Waals surface area contributed by atoms with Crippen molar-refractivity contribution in [1.82, 2.24) is 0 Å². The first-order chi connectivity index (χ1) is 17.8. The van der Waals surface area contributed by atoms with Crippen LogP contribution in [0.2, 0.25) is 0 Å². The highest BCUT2D eigenvalue weighted by Crippen LogP contribution is 2.33. The van der Waals surface area contributed by atoms with Gasteiger partial charge >= 0.3 is 0 Å². The summed E-state index contributed by atoms with van der Waals surface area (Å²) < 4.78 is 23.5. The van der Waals surface area contributed by atoms with Crippen molar-refractivity contribution in [2.75, 3.05) is 13.9 Å². The fraction of sp³-hybridized carbons (Fsp3) is 0.774. The average molecular weight is 505 g/mol. The van der Waals surface area contributed by atoms with Gasteiger partial charge in [-0.05, 0) is 19.3 Å². The fourth-order valence-electron chi connectivity index (χ4n) is 5.06. The summed E-state index contributed by atoms with van der Waals surface area (Å²) in [5.74, 6) is 0. The van der Waals surface area contributed by atoms with Gasteiger partial charge in [0.2, 0.25) is 0 Å². The zero-order valence-electron chi connectivity index (χ0n) is 23.0. The van der Waals surface area contributed by atoms with Gasteiger partial charge < -0.3 is 23.7 Å². The third-order valence-corrected chi connectivity index (χ3v) is 7.20. The number of carbonyl (C=O) groups is 1. The molecule has 1 heterocycles. The van der Waals surface area contributed by atoms with Gasteiger partial charge in [0.15, 0.2) is 6.29 Å². The Bertz CT molecular complexity index is 637. The Morgan fingerprint density at radius 3 is 2.08 bits per heavy atom. The first-order valence-corrected chi connectivity index (χ1v) is 14.7. The summed E-state index contributed by atoms with van der Waals surface area (Å²) in [6.45, 7) is 2.61. The number of ether oxygens (including phenoxy) is 4. The first kappa shape index (κ1) is 31.0. The minimum Gasteiger partial charge on any atom is -0.359 e. The van der Waals surface area contributed by atoms with Crippen LogP contribution in [0.25, 0.3) is 0 Å². The normalized spacial score (nSPS) is 20.9. The maximum absolute atomic E-state index is 11.1. The molecule has 0 amide bonds. The van der Waals surface area contributed by atoms with Gasteiger partial charge in [-0.1, -0.05) is 114 Å². The molecule has 1 fully saturated rings. The highest BCUT2D eigenvalue weighted by molar-refractivity contribution is 5.50. The second-order valence-corrected chi connectivity index (χ2v) is 10.3. The highest BCUT2D eigenvalue weighted by Gasteiger charge is 2.31. The SMILES string of the molecule is CCCCCCCCCCCCCC[C@@H](CC[C@H]1C[C@@H](CC=O)O[C@@H](c2ccccc2)O1)OCOC. The Morgan fingerprint density at radius 1 is 0.861 bits per heavy atom. The van der Waals surface area contributed by atoms with E-state index in [1.807, 2.05) is 30.3 Å². The van der Waals surface area contributed by atoms with Gasteiger partial charge in [-0.3, -0.25) is 0 Å². The third kappa shape index (κ3) is 13.9. The molecule has 36 heavy (non-hydrogen) atoms. The molecule has 0 unspecified atom stereocenters. The van der Waals surface area contributed by atoms with Crippen molar-refractivity contribution in [3.05, 3.63) is 35.9 Å². The lowest BCUT2D eigenvalue weighted by atomic mass is 9.98. The van der Waals surface area contributed by atoms with E-state index in [9.17, 15) is 4.79 Å². The predicted molar refractivity (Wildman–Crippen MR) is 146 cm³/mol. The number of aldehydes is 1. The van der Waals surface area contributed by atoms with Crippen LogP contribution in [0.3, 0.4) is 0 Å². The van der Waals surface area contributed by atoms with E-state index in [1.54, 1.807) is 7.11 Å². The quantitative estimate of drug-likeness (QED) is 0.0903. The smallest absolute Gasteiger partial charge is 0.184 e. The summed E-state index contributed by atoms with van der Waals surface area (Å²) in [4.78, 5) is 11.1. The first-order valence-electron chi connectivity index (χ1n) is 14.7. The molecule has 1 aromatic rings. The lowest BCUT2D eigenvalue weighted by Gasteiger charge is -2.36. The van der Waals surface area contributed by atoms with Crippen LogP contribution in [0.1, 0.15) is 128 Å². The van der Waals surface area contributed by atoms with Crippen molar-refractivity contribution in [1.29, 1.82) is 0 Å². The van der Waals surface area contributed by atoms with E-state index < -0.39 is 6.29 Å². The summed E-state index contributed by atoms with van der Waals surface area (Å²) in [6, 6.07) is 10.00. The number of hydrogen-bond acceptors (Lipinski definition) is 5. The van der Waals surface area contributed by atoms with Gasteiger partial charge in [0.05, 0.1) is 18.3 Å². The van der Waals surface area contributed by atoms with Crippen LogP contribution < -0.4 is 0 Å². The zero-order valence-corrected chi connectivity index (χ0v) is 23.0. The minimum atomic E-state index is -0.412. The van der Waals surface area contributed by atoms with Gasteiger partial charge in [-0.15, -0.1) is 0 Å². The van der Waals surface area contributed by atoms with Gasteiger partial charge in [-0.2, -0.15) is 0 Å². The molecule has 4 atom stereocenters. The van der Waals surface area contributed by atoms with Crippen LogP contribution in [-0.2, 0) is 23.7 Å². The molecule has 1 aliphatic heterocycles. The Balaban J connectivity index is 1.66.